The molecule has 0 heterocycles. The molecule has 0 bridgehead atoms. The van der Waals surface area contributed by atoms with E-state index in [0.717, 1.165) is 12.8 Å². The summed E-state index contributed by atoms with van der Waals surface area (Å²) in [4.78, 5) is 11.2. The third-order valence-electron chi connectivity index (χ3n) is 5.44. The zero-order valence-corrected chi connectivity index (χ0v) is 11.4. The van der Waals surface area contributed by atoms with Crippen molar-refractivity contribution in [1.29, 1.82) is 0 Å². The average Bonchev–Trinajstić information content (AvgIpc) is 2.48. The van der Waals surface area contributed by atoms with E-state index in [0.29, 0.717) is 12.3 Å². The summed E-state index contributed by atoms with van der Waals surface area (Å²) >= 11 is 0. The molecule has 0 aromatic heterocycles. The van der Waals surface area contributed by atoms with E-state index in [1.807, 2.05) is 6.92 Å². The molecular weight excluding hydrogens is 232 g/mol. The van der Waals surface area contributed by atoms with E-state index in [2.05, 4.69) is 13.8 Å². The Morgan fingerprint density at radius 3 is 2.44 bits per heavy atom. The minimum Gasteiger partial charge on any atom is -0.481 e. The van der Waals surface area contributed by atoms with Gasteiger partial charge in [0.2, 0.25) is 0 Å². The highest BCUT2D eigenvalue weighted by molar-refractivity contribution is 5.71. The van der Waals surface area contributed by atoms with Crippen LogP contribution >= 0.6 is 0 Å². The zero-order chi connectivity index (χ0) is 13.7. The first-order valence-electron chi connectivity index (χ1n) is 6.84. The Hall–Kier alpha value is -0.610. The van der Waals surface area contributed by atoms with Crippen LogP contribution in [0.5, 0.6) is 0 Å². The molecule has 2 fully saturated rings. The second kappa shape index (κ2) is 4.20. The molecule has 0 radical (unpaired) electrons. The third-order valence-corrected chi connectivity index (χ3v) is 5.44. The predicted molar refractivity (Wildman–Crippen MR) is 67.0 cm³/mol. The molecule has 2 aliphatic carbocycles. The second-order valence-electron chi connectivity index (χ2n) is 6.79. The van der Waals surface area contributed by atoms with Crippen molar-refractivity contribution in [2.75, 3.05) is 0 Å². The van der Waals surface area contributed by atoms with Gasteiger partial charge in [0.25, 0.3) is 0 Å². The van der Waals surface area contributed by atoms with E-state index >= 15 is 0 Å². The summed E-state index contributed by atoms with van der Waals surface area (Å²) in [5, 5.41) is 30.2. The molecule has 0 saturated heterocycles. The summed E-state index contributed by atoms with van der Waals surface area (Å²) in [5.41, 5.74) is -1.28. The fourth-order valence-electron chi connectivity index (χ4n) is 4.27. The quantitative estimate of drug-likeness (QED) is 0.702. The van der Waals surface area contributed by atoms with E-state index < -0.39 is 23.6 Å². The van der Waals surface area contributed by atoms with Crippen LogP contribution in [0.25, 0.3) is 0 Å². The smallest absolute Gasteiger partial charge is 0.309 e. The van der Waals surface area contributed by atoms with Crippen molar-refractivity contribution in [3.8, 4) is 0 Å². The highest BCUT2D eigenvalue weighted by Crippen LogP contribution is 2.60. The van der Waals surface area contributed by atoms with Crippen molar-refractivity contribution in [2.24, 2.45) is 23.2 Å². The van der Waals surface area contributed by atoms with Crippen LogP contribution < -0.4 is 0 Å². The molecule has 0 unspecified atom stereocenters. The lowest BCUT2D eigenvalue weighted by atomic mass is 9.58. The molecule has 0 amide bonds. The Bertz CT molecular complexity index is 354. The van der Waals surface area contributed by atoms with Crippen molar-refractivity contribution in [3.63, 3.8) is 0 Å². The number of hydrogen-bond acceptors (Lipinski definition) is 3. The van der Waals surface area contributed by atoms with Crippen molar-refractivity contribution in [3.05, 3.63) is 0 Å². The lowest BCUT2D eigenvalue weighted by Crippen LogP contribution is -2.57. The second-order valence-corrected chi connectivity index (χ2v) is 6.79. The van der Waals surface area contributed by atoms with Gasteiger partial charge in [0.05, 0.1) is 17.6 Å². The normalized spacial score (nSPS) is 48.2. The van der Waals surface area contributed by atoms with Crippen LogP contribution in [0.3, 0.4) is 0 Å². The molecule has 5 atom stereocenters. The molecule has 2 rings (SSSR count). The monoisotopic (exact) mass is 256 g/mol. The summed E-state index contributed by atoms with van der Waals surface area (Å²) < 4.78 is 0. The van der Waals surface area contributed by atoms with E-state index in [1.54, 1.807) is 0 Å². The number of carboxylic acids is 1. The highest BCUT2D eigenvalue weighted by atomic mass is 16.4. The van der Waals surface area contributed by atoms with Gasteiger partial charge in [-0.1, -0.05) is 20.8 Å². The summed E-state index contributed by atoms with van der Waals surface area (Å²) in [5.74, 6) is -1.35. The van der Waals surface area contributed by atoms with Crippen molar-refractivity contribution in [1.82, 2.24) is 0 Å². The molecule has 104 valence electrons. The molecular formula is C14H24O4. The van der Waals surface area contributed by atoms with E-state index in [9.17, 15) is 20.1 Å². The zero-order valence-electron chi connectivity index (χ0n) is 11.4. The van der Waals surface area contributed by atoms with Gasteiger partial charge in [-0.15, -0.1) is 0 Å². The number of rotatable bonds is 2. The van der Waals surface area contributed by atoms with Crippen molar-refractivity contribution in [2.45, 2.75) is 58.2 Å². The van der Waals surface area contributed by atoms with Gasteiger partial charge in [0, 0.05) is 0 Å². The molecule has 18 heavy (non-hydrogen) atoms. The number of aliphatic hydroxyl groups excluding tert-OH is 1. The fraction of sp³-hybridized carbons (Fsp3) is 0.929. The Morgan fingerprint density at radius 2 is 1.94 bits per heavy atom. The Kier molecular flexibility index (Phi) is 3.23. The van der Waals surface area contributed by atoms with Crippen molar-refractivity contribution < 1.29 is 20.1 Å². The van der Waals surface area contributed by atoms with E-state index in [-0.39, 0.29) is 17.8 Å². The average molecular weight is 256 g/mol. The van der Waals surface area contributed by atoms with Crippen LogP contribution in [-0.2, 0) is 4.79 Å². The molecule has 0 aliphatic heterocycles. The molecule has 4 nitrogen and oxygen atoms in total. The number of fused-ring (bicyclic) bond motifs is 1. The molecule has 3 N–H and O–H groups in total. The van der Waals surface area contributed by atoms with Gasteiger partial charge in [0.15, 0.2) is 0 Å². The maximum atomic E-state index is 11.2. The van der Waals surface area contributed by atoms with Crippen molar-refractivity contribution >= 4 is 5.97 Å². The lowest BCUT2D eigenvalue weighted by molar-refractivity contribution is -0.182. The molecule has 0 aromatic carbocycles. The summed E-state index contributed by atoms with van der Waals surface area (Å²) in [6.45, 7) is 6.15. The van der Waals surface area contributed by atoms with Gasteiger partial charge in [-0.3, -0.25) is 4.79 Å². The molecule has 4 heteroatoms. The van der Waals surface area contributed by atoms with Crippen LogP contribution in [0.2, 0.25) is 0 Å². The van der Waals surface area contributed by atoms with Gasteiger partial charge in [-0.05, 0) is 42.9 Å². The van der Waals surface area contributed by atoms with Gasteiger partial charge in [0.1, 0.15) is 0 Å². The van der Waals surface area contributed by atoms with Crippen LogP contribution in [0, 0.1) is 23.2 Å². The number of carboxylic acid groups (broad SMARTS) is 1. The minimum absolute atomic E-state index is 0.136. The highest BCUT2D eigenvalue weighted by Gasteiger charge is 2.62. The maximum absolute atomic E-state index is 11.2. The van der Waals surface area contributed by atoms with Crippen LogP contribution in [-0.4, -0.2) is 33.0 Å². The minimum atomic E-state index is -0.993. The molecule has 0 spiro atoms. The number of hydrogen-bond donors (Lipinski definition) is 3. The van der Waals surface area contributed by atoms with Crippen LogP contribution in [0.15, 0.2) is 0 Å². The van der Waals surface area contributed by atoms with E-state index in [1.165, 1.54) is 0 Å². The third kappa shape index (κ3) is 1.77. The largest absolute Gasteiger partial charge is 0.481 e. The first kappa shape index (κ1) is 13.8. The van der Waals surface area contributed by atoms with Gasteiger partial charge < -0.3 is 15.3 Å². The molecule has 0 aromatic rings. The summed E-state index contributed by atoms with van der Waals surface area (Å²) in [7, 11) is 0. The van der Waals surface area contributed by atoms with Crippen LogP contribution in [0.1, 0.15) is 46.5 Å². The topological polar surface area (TPSA) is 77.8 Å². The first-order valence-corrected chi connectivity index (χ1v) is 6.84. The fourth-order valence-corrected chi connectivity index (χ4v) is 4.27. The van der Waals surface area contributed by atoms with Gasteiger partial charge in [-0.2, -0.15) is 0 Å². The number of aliphatic carboxylic acids is 1. The van der Waals surface area contributed by atoms with Gasteiger partial charge >= 0.3 is 5.97 Å². The Balaban J connectivity index is 2.34. The SMILES string of the molecule is CC(C)[C@H]1CC[C@]2(C)C[C@H](O)[C@H](C(=O)O)C[C@]12O. The molecule has 2 aliphatic rings. The van der Waals surface area contributed by atoms with Crippen LogP contribution in [0.4, 0.5) is 0 Å². The lowest BCUT2D eigenvalue weighted by Gasteiger charge is -2.51. The Morgan fingerprint density at radius 1 is 1.33 bits per heavy atom. The maximum Gasteiger partial charge on any atom is 0.309 e. The van der Waals surface area contributed by atoms with E-state index in [4.69, 9.17) is 0 Å². The molecule has 2 saturated carbocycles. The van der Waals surface area contributed by atoms with Gasteiger partial charge in [-0.25, -0.2) is 0 Å². The number of aliphatic hydroxyl groups is 2. The number of carbonyl (C=O) groups is 1. The summed E-state index contributed by atoms with van der Waals surface area (Å²) in [6, 6.07) is 0. The Labute approximate surface area is 108 Å². The first-order chi connectivity index (χ1) is 8.21. The standard InChI is InChI=1S/C14H24O4/c1-8(2)10-4-5-13(3)7-11(15)9(12(16)17)6-14(10,13)18/h8-11,15,18H,4-7H2,1-3H3,(H,16,17)/t9-,10-,11+,13-,14+/m1/s1. The predicted octanol–water partition coefficient (Wildman–Crippen LogP) is 1.65. The summed E-state index contributed by atoms with van der Waals surface area (Å²) in [6.07, 6.45) is 1.53.